The summed E-state index contributed by atoms with van der Waals surface area (Å²) in [5, 5.41) is 4.28. The predicted molar refractivity (Wildman–Crippen MR) is 64.5 cm³/mol. The first-order valence-corrected chi connectivity index (χ1v) is 6.11. The molecule has 2 heterocycles. The van der Waals surface area contributed by atoms with Crippen molar-refractivity contribution in [1.82, 2.24) is 14.3 Å². The van der Waals surface area contributed by atoms with Gasteiger partial charge in [-0.25, -0.2) is 0 Å². The van der Waals surface area contributed by atoms with Crippen molar-refractivity contribution in [3.63, 3.8) is 0 Å². The Balaban J connectivity index is 1.88. The van der Waals surface area contributed by atoms with Crippen molar-refractivity contribution in [2.24, 2.45) is 0 Å². The Morgan fingerprint density at radius 2 is 2.31 bits per heavy atom. The minimum absolute atomic E-state index is 0.624. The summed E-state index contributed by atoms with van der Waals surface area (Å²) in [4.78, 5) is 8.56. The molecule has 0 saturated heterocycles. The maximum Gasteiger partial charge on any atom is 0.203 e. The number of aromatic nitrogens is 3. The van der Waals surface area contributed by atoms with Crippen LogP contribution in [0.1, 0.15) is 18.4 Å². The Morgan fingerprint density at radius 3 is 3.06 bits per heavy atom. The summed E-state index contributed by atoms with van der Waals surface area (Å²) in [6, 6.07) is 2.58. The van der Waals surface area contributed by atoms with Crippen LogP contribution < -0.4 is 5.32 Å². The van der Waals surface area contributed by atoms with Gasteiger partial charge in [0.25, 0.3) is 0 Å². The molecular formula is C11H12N4S. The first-order chi connectivity index (χ1) is 7.83. The third-order valence-corrected chi connectivity index (χ3v) is 3.24. The van der Waals surface area contributed by atoms with Crippen LogP contribution in [0.2, 0.25) is 0 Å². The monoisotopic (exact) mass is 232 g/mol. The van der Waals surface area contributed by atoms with Gasteiger partial charge in [0.15, 0.2) is 5.82 Å². The summed E-state index contributed by atoms with van der Waals surface area (Å²) in [6.07, 6.45) is 6.12. The molecule has 4 nitrogen and oxygen atoms in total. The molecule has 0 spiro atoms. The van der Waals surface area contributed by atoms with Crippen LogP contribution >= 0.6 is 11.5 Å². The molecule has 0 atom stereocenters. The highest BCUT2D eigenvalue weighted by molar-refractivity contribution is 7.09. The molecule has 5 heteroatoms. The van der Waals surface area contributed by atoms with E-state index in [-0.39, 0.29) is 0 Å². The molecule has 0 aromatic carbocycles. The molecule has 3 rings (SSSR count). The Morgan fingerprint density at radius 1 is 1.44 bits per heavy atom. The number of nitrogens with one attached hydrogen (secondary N) is 1. The van der Waals surface area contributed by atoms with Crippen LogP contribution in [0.25, 0.3) is 11.4 Å². The third-order valence-electron chi connectivity index (χ3n) is 2.59. The van der Waals surface area contributed by atoms with Crippen molar-refractivity contribution in [3.05, 3.63) is 24.0 Å². The average Bonchev–Trinajstić information content (AvgIpc) is 2.97. The smallest absolute Gasteiger partial charge is 0.203 e. The molecule has 1 saturated carbocycles. The second kappa shape index (κ2) is 3.83. The van der Waals surface area contributed by atoms with Gasteiger partial charge in [-0.1, -0.05) is 0 Å². The minimum Gasteiger partial charge on any atom is -0.358 e. The Hall–Kier alpha value is -1.49. The standard InChI is InChI=1S/C11H12N4S/c1-7-6-12-5-4-9(7)10-14-11(16-15-10)13-8-2-3-8/h4-6,8H,2-3H2,1H3,(H,13,14,15). The number of pyridine rings is 1. The predicted octanol–water partition coefficient (Wildman–Crippen LogP) is 2.48. The van der Waals surface area contributed by atoms with E-state index in [0.717, 1.165) is 22.1 Å². The largest absolute Gasteiger partial charge is 0.358 e. The van der Waals surface area contributed by atoms with Crippen LogP contribution in [0.5, 0.6) is 0 Å². The van der Waals surface area contributed by atoms with E-state index in [1.54, 1.807) is 6.20 Å². The molecule has 1 N–H and O–H groups in total. The SMILES string of the molecule is Cc1cnccc1-c1nsc(NC2CC2)n1. The average molecular weight is 232 g/mol. The van der Waals surface area contributed by atoms with Gasteiger partial charge >= 0.3 is 0 Å². The molecule has 1 fully saturated rings. The van der Waals surface area contributed by atoms with Crippen LogP contribution in [0.3, 0.4) is 0 Å². The number of hydrogen-bond donors (Lipinski definition) is 1. The zero-order chi connectivity index (χ0) is 11.0. The lowest BCUT2D eigenvalue weighted by Gasteiger charge is -1.99. The van der Waals surface area contributed by atoms with Crippen molar-refractivity contribution in [2.75, 3.05) is 5.32 Å². The van der Waals surface area contributed by atoms with Crippen LogP contribution in [-0.2, 0) is 0 Å². The topological polar surface area (TPSA) is 50.7 Å². The fraction of sp³-hybridized carbons (Fsp3) is 0.364. The lowest BCUT2D eigenvalue weighted by atomic mass is 10.1. The van der Waals surface area contributed by atoms with Gasteiger partial charge in [-0.05, 0) is 31.4 Å². The first-order valence-electron chi connectivity index (χ1n) is 5.34. The van der Waals surface area contributed by atoms with E-state index in [2.05, 4.69) is 19.7 Å². The molecule has 1 aliphatic rings. The fourth-order valence-electron chi connectivity index (χ4n) is 1.52. The second-order valence-electron chi connectivity index (χ2n) is 4.03. The van der Waals surface area contributed by atoms with E-state index in [4.69, 9.17) is 0 Å². The Kier molecular flexibility index (Phi) is 2.32. The van der Waals surface area contributed by atoms with Crippen LogP contribution in [0.15, 0.2) is 18.5 Å². The molecule has 2 aromatic heterocycles. The van der Waals surface area contributed by atoms with E-state index in [9.17, 15) is 0 Å². The van der Waals surface area contributed by atoms with Gasteiger partial charge in [0, 0.05) is 35.5 Å². The van der Waals surface area contributed by atoms with Crippen molar-refractivity contribution in [3.8, 4) is 11.4 Å². The van der Waals surface area contributed by atoms with Gasteiger partial charge in [-0.2, -0.15) is 9.36 Å². The zero-order valence-electron chi connectivity index (χ0n) is 8.97. The van der Waals surface area contributed by atoms with Gasteiger partial charge in [0.2, 0.25) is 5.13 Å². The maximum absolute atomic E-state index is 4.49. The molecule has 0 amide bonds. The van der Waals surface area contributed by atoms with Gasteiger partial charge in [-0.15, -0.1) is 0 Å². The maximum atomic E-state index is 4.49. The highest BCUT2D eigenvalue weighted by Crippen LogP contribution is 2.28. The van der Waals surface area contributed by atoms with E-state index in [1.165, 1.54) is 24.4 Å². The summed E-state index contributed by atoms with van der Waals surface area (Å²) in [6.45, 7) is 2.03. The van der Waals surface area contributed by atoms with Crippen LogP contribution in [0.4, 0.5) is 5.13 Å². The first kappa shape index (κ1) is 9.72. The summed E-state index contributed by atoms with van der Waals surface area (Å²) in [5.74, 6) is 0.799. The molecule has 0 bridgehead atoms. The fourth-order valence-corrected chi connectivity index (χ4v) is 2.18. The number of rotatable bonds is 3. The Labute approximate surface area is 97.9 Å². The molecule has 16 heavy (non-hydrogen) atoms. The summed E-state index contributed by atoms with van der Waals surface area (Å²) >= 11 is 1.43. The molecule has 0 aliphatic heterocycles. The lowest BCUT2D eigenvalue weighted by molar-refractivity contribution is 1.13. The molecular weight excluding hydrogens is 220 g/mol. The van der Waals surface area contributed by atoms with Crippen LogP contribution in [-0.4, -0.2) is 20.4 Å². The van der Waals surface area contributed by atoms with E-state index >= 15 is 0 Å². The molecule has 0 unspecified atom stereocenters. The van der Waals surface area contributed by atoms with Crippen molar-refractivity contribution < 1.29 is 0 Å². The van der Waals surface area contributed by atoms with E-state index in [0.29, 0.717) is 6.04 Å². The number of aryl methyl sites for hydroxylation is 1. The van der Waals surface area contributed by atoms with Crippen molar-refractivity contribution >= 4 is 16.7 Å². The zero-order valence-corrected chi connectivity index (χ0v) is 9.79. The summed E-state index contributed by atoms with van der Waals surface area (Å²) < 4.78 is 4.37. The van der Waals surface area contributed by atoms with Gasteiger partial charge in [-0.3, -0.25) is 4.98 Å². The van der Waals surface area contributed by atoms with E-state index in [1.807, 2.05) is 19.2 Å². The second-order valence-corrected chi connectivity index (χ2v) is 4.78. The summed E-state index contributed by atoms with van der Waals surface area (Å²) in [7, 11) is 0. The molecule has 2 aromatic rings. The normalized spacial score (nSPS) is 15.1. The van der Waals surface area contributed by atoms with Gasteiger partial charge in [0.05, 0.1) is 0 Å². The van der Waals surface area contributed by atoms with Crippen molar-refractivity contribution in [2.45, 2.75) is 25.8 Å². The lowest BCUT2D eigenvalue weighted by Crippen LogP contribution is -1.99. The number of hydrogen-bond acceptors (Lipinski definition) is 5. The number of nitrogens with zero attached hydrogens (tertiary/aromatic N) is 3. The molecule has 82 valence electrons. The van der Waals surface area contributed by atoms with Crippen molar-refractivity contribution in [1.29, 1.82) is 0 Å². The summed E-state index contributed by atoms with van der Waals surface area (Å²) in [5.41, 5.74) is 2.17. The minimum atomic E-state index is 0.624. The quantitative estimate of drug-likeness (QED) is 0.883. The highest BCUT2D eigenvalue weighted by atomic mass is 32.1. The molecule has 1 aliphatic carbocycles. The highest BCUT2D eigenvalue weighted by Gasteiger charge is 2.22. The molecule has 0 radical (unpaired) electrons. The third kappa shape index (κ3) is 1.90. The number of anilines is 1. The van der Waals surface area contributed by atoms with Gasteiger partial charge < -0.3 is 5.32 Å². The van der Waals surface area contributed by atoms with Gasteiger partial charge in [0.1, 0.15) is 0 Å². The van der Waals surface area contributed by atoms with E-state index < -0.39 is 0 Å². The Bertz CT molecular complexity index is 504. The van der Waals surface area contributed by atoms with Crippen LogP contribution in [0, 0.1) is 6.92 Å².